The van der Waals surface area contributed by atoms with Crippen molar-refractivity contribution in [2.24, 2.45) is 7.05 Å². The lowest BCUT2D eigenvalue weighted by atomic mass is 10.1. The molecule has 8 nitrogen and oxygen atoms in total. The van der Waals surface area contributed by atoms with Gasteiger partial charge in [-0.25, -0.2) is 4.39 Å². The molecule has 3 rings (SSSR count). The highest BCUT2D eigenvalue weighted by molar-refractivity contribution is 6.02. The topological polar surface area (TPSA) is 102 Å². The van der Waals surface area contributed by atoms with E-state index >= 15 is 0 Å². The fraction of sp³-hybridized carbons (Fsp3) is 0.231. The zero-order valence-electron chi connectivity index (χ0n) is 19.6. The van der Waals surface area contributed by atoms with Crippen LogP contribution in [0.1, 0.15) is 30.9 Å². The van der Waals surface area contributed by atoms with E-state index in [9.17, 15) is 18.8 Å². The first-order chi connectivity index (χ1) is 16.9. The predicted octanol–water partition coefficient (Wildman–Crippen LogP) is 3.84. The largest absolute Gasteiger partial charge is 0.466 e. The van der Waals surface area contributed by atoms with Crippen molar-refractivity contribution in [3.05, 3.63) is 77.7 Å². The molecule has 1 heterocycles. The smallest absolute Gasteiger partial charge is 0.306 e. The third-order valence-corrected chi connectivity index (χ3v) is 5.07. The molecule has 0 aliphatic heterocycles. The van der Waals surface area contributed by atoms with E-state index in [-0.39, 0.29) is 30.5 Å². The van der Waals surface area contributed by atoms with Gasteiger partial charge in [0.25, 0.3) is 0 Å². The highest BCUT2D eigenvalue weighted by Crippen LogP contribution is 2.24. The van der Waals surface area contributed by atoms with E-state index in [0.29, 0.717) is 18.8 Å². The number of nitrogens with zero attached hydrogens (tertiary/aromatic N) is 2. The summed E-state index contributed by atoms with van der Waals surface area (Å²) in [5.41, 5.74) is 3.73. The molecule has 1 aromatic heterocycles. The fourth-order valence-corrected chi connectivity index (χ4v) is 3.33. The molecule has 0 bridgehead atoms. The van der Waals surface area contributed by atoms with Crippen LogP contribution in [0.15, 0.2) is 60.8 Å². The van der Waals surface area contributed by atoms with Gasteiger partial charge in [-0.05, 0) is 55.0 Å². The summed E-state index contributed by atoms with van der Waals surface area (Å²) in [6, 6.07) is 13.1. The van der Waals surface area contributed by atoms with Gasteiger partial charge in [0, 0.05) is 42.9 Å². The first-order valence-corrected chi connectivity index (χ1v) is 11.1. The van der Waals surface area contributed by atoms with Crippen LogP contribution in [-0.2, 0) is 32.7 Å². The Morgan fingerprint density at radius 1 is 1.06 bits per heavy atom. The summed E-state index contributed by atoms with van der Waals surface area (Å²) in [6.07, 6.45) is 4.81. The first kappa shape index (κ1) is 25.4. The second kappa shape index (κ2) is 12.3. The summed E-state index contributed by atoms with van der Waals surface area (Å²) >= 11 is 0. The third kappa shape index (κ3) is 7.63. The van der Waals surface area contributed by atoms with Crippen molar-refractivity contribution in [1.29, 1.82) is 0 Å². The van der Waals surface area contributed by atoms with E-state index in [1.807, 2.05) is 0 Å². The highest BCUT2D eigenvalue weighted by Gasteiger charge is 2.10. The Bertz CT molecular complexity index is 1200. The van der Waals surface area contributed by atoms with Crippen LogP contribution in [0, 0.1) is 5.82 Å². The van der Waals surface area contributed by atoms with Crippen molar-refractivity contribution in [2.75, 3.05) is 11.9 Å². The molecule has 182 valence electrons. The lowest BCUT2D eigenvalue weighted by molar-refractivity contribution is -0.144. The average Bonchev–Trinajstić information content (AvgIpc) is 3.22. The number of aromatic nitrogens is 2. The van der Waals surface area contributed by atoms with Crippen molar-refractivity contribution < 1.29 is 23.5 Å². The Morgan fingerprint density at radius 2 is 1.77 bits per heavy atom. The van der Waals surface area contributed by atoms with E-state index in [1.54, 1.807) is 67.3 Å². The van der Waals surface area contributed by atoms with Gasteiger partial charge in [-0.2, -0.15) is 5.10 Å². The summed E-state index contributed by atoms with van der Waals surface area (Å²) in [5.74, 6) is -1.28. The Kier molecular flexibility index (Phi) is 8.89. The van der Waals surface area contributed by atoms with Gasteiger partial charge >= 0.3 is 5.97 Å². The molecule has 0 atom stereocenters. The lowest BCUT2D eigenvalue weighted by Gasteiger charge is -2.07. The number of rotatable bonds is 10. The maximum atomic E-state index is 13.3. The Hall–Kier alpha value is -4.27. The van der Waals surface area contributed by atoms with Crippen LogP contribution in [0.25, 0.3) is 17.3 Å². The maximum absolute atomic E-state index is 13.3. The maximum Gasteiger partial charge on any atom is 0.306 e. The van der Waals surface area contributed by atoms with Gasteiger partial charge in [0.15, 0.2) is 0 Å². The summed E-state index contributed by atoms with van der Waals surface area (Å²) < 4.78 is 19.7. The number of nitrogens with one attached hydrogen (secondary N) is 2. The standard InChI is InChI=1S/C26H27FN4O4/c1-3-35-25(34)15-14-23(32)28-16-18-4-11-22(12-5-18)30-24(33)13-8-20-17-29-31(2)26(20)19-6-9-21(27)10-7-19/h4-13,17H,3,14-16H2,1-2H3,(H,28,32)(H,30,33)/b13-8+. The molecular formula is C26H27FN4O4. The molecule has 0 fully saturated rings. The van der Waals surface area contributed by atoms with Crippen LogP contribution in [0.2, 0.25) is 0 Å². The summed E-state index contributed by atoms with van der Waals surface area (Å²) in [7, 11) is 1.78. The van der Waals surface area contributed by atoms with Gasteiger partial charge in [0.05, 0.1) is 24.9 Å². The number of aryl methyl sites for hydroxylation is 1. The van der Waals surface area contributed by atoms with Crippen molar-refractivity contribution in [1.82, 2.24) is 15.1 Å². The number of carbonyl (C=O) groups excluding carboxylic acids is 3. The highest BCUT2D eigenvalue weighted by atomic mass is 19.1. The zero-order valence-corrected chi connectivity index (χ0v) is 19.6. The molecule has 0 aliphatic rings. The van der Waals surface area contributed by atoms with Gasteiger partial charge in [-0.15, -0.1) is 0 Å². The van der Waals surface area contributed by atoms with Crippen LogP contribution in [0.5, 0.6) is 0 Å². The monoisotopic (exact) mass is 478 g/mol. The van der Waals surface area contributed by atoms with E-state index in [0.717, 1.165) is 22.4 Å². The minimum atomic E-state index is -0.396. The first-order valence-electron chi connectivity index (χ1n) is 11.1. The molecule has 0 aliphatic carbocycles. The van der Waals surface area contributed by atoms with Gasteiger partial charge in [-0.1, -0.05) is 12.1 Å². The molecule has 2 N–H and O–H groups in total. The molecule has 0 unspecified atom stereocenters. The van der Waals surface area contributed by atoms with Crippen molar-refractivity contribution in [3.8, 4) is 11.3 Å². The Balaban J connectivity index is 1.52. The zero-order chi connectivity index (χ0) is 25.2. The molecular weight excluding hydrogens is 451 g/mol. The van der Waals surface area contributed by atoms with Crippen LogP contribution < -0.4 is 10.6 Å². The average molecular weight is 479 g/mol. The number of benzene rings is 2. The third-order valence-electron chi connectivity index (χ3n) is 5.07. The summed E-state index contributed by atoms with van der Waals surface area (Å²) in [5, 5.41) is 9.76. The quantitative estimate of drug-likeness (QED) is 0.341. The van der Waals surface area contributed by atoms with E-state index in [4.69, 9.17) is 4.74 Å². The van der Waals surface area contributed by atoms with Gasteiger partial charge in [-0.3, -0.25) is 19.1 Å². The molecule has 0 saturated carbocycles. The molecule has 9 heteroatoms. The van der Waals surface area contributed by atoms with E-state index in [2.05, 4.69) is 15.7 Å². The molecule has 0 saturated heterocycles. The van der Waals surface area contributed by atoms with Crippen LogP contribution in [-0.4, -0.2) is 34.2 Å². The predicted molar refractivity (Wildman–Crippen MR) is 130 cm³/mol. The normalized spacial score (nSPS) is 10.8. The number of ether oxygens (including phenoxy) is 1. The molecule has 35 heavy (non-hydrogen) atoms. The minimum absolute atomic E-state index is 0.0442. The number of halogens is 1. The minimum Gasteiger partial charge on any atom is -0.466 e. The summed E-state index contributed by atoms with van der Waals surface area (Å²) in [4.78, 5) is 35.6. The van der Waals surface area contributed by atoms with Crippen molar-refractivity contribution >= 4 is 29.5 Å². The molecule has 0 spiro atoms. The number of anilines is 1. The number of carbonyl (C=O) groups is 3. The molecule has 3 aromatic rings. The molecule has 0 radical (unpaired) electrons. The fourth-order valence-electron chi connectivity index (χ4n) is 3.33. The number of hydrogen-bond acceptors (Lipinski definition) is 5. The van der Waals surface area contributed by atoms with Crippen LogP contribution in [0.4, 0.5) is 10.1 Å². The number of hydrogen-bond donors (Lipinski definition) is 2. The van der Waals surface area contributed by atoms with Crippen molar-refractivity contribution in [2.45, 2.75) is 26.3 Å². The van der Waals surface area contributed by atoms with Gasteiger partial charge < -0.3 is 15.4 Å². The van der Waals surface area contributed by atoms with Crippen molar-refractivity contribution in [3.63, 3.8) is 0 Å². The Morgan fingerprint density at radius 3 is 2.46 bits per heavy atom. The van der Waals surface area contributed by atoms with Crippen LogP contribution in [0.3, 0.4) is 0 Å². The molecule has 2 amide bonds. The Labute approximate surface area is 202 Å². The second-order valence-corrected chi connectivity index (χ2v) is 7.68. The van der Waals surface area contributed by atoms with E-state index in [1.165, 1.54) is 18.2 Å². The van der Waals surface area contributed by atoms with E-state index < -0.39 is 5.97 Å². The van der Waals surface area contributed by atoms with Gasteiger partial charge in [0.1, 0.15) is 5.82 Å². The number of amides is 2. The van der Waals surface area contributed by atoms with Gasteiger partial charge in [0.2, 0.25) is 11.8 Å². The second-order valence-electron chi connectivity index (χ2n) is 7.68. The lowest BCUT2D eigenvalue weighted by Crippen LogP contribution is -2.23. The SMILES string of the molecule is CCOC(=O)CCC(=O)NCc1ccc(NC(=O)/C=C/c2cnn(C)c2-c2ccc(F)cc2)cc1. The number of esters is 1. The molecule has 2 aromatic carbocycles. The summed E-state index contributed by atoms with van der Waals surface area (Å²) in [6.45, 7) is 2.32. The van der Waals surface area contributed by atoms with Crippen LogP contribution >= 0.6 is 0 Å².